The molecule has 1 saturated carbocycles. The molecule has 1 aromatic heterocycles. The van der Waals surface area contributed by atoms with Crippen LogP contribution in [0.2, 0.25) is 0 Å². The van der Waals surface area contributed by atoms with Crippen LogP contribution in [0.3, 0.4) is 0 Å². The number of nitrogens with zero attached hydrogens (tertiary/aromatic N) is 2. The first-order chi connectivity index (χ1) is 12.5. The Morgan fingerprint density at radius 2 is 2.04 bits per heavy atom. The summed E-state index contributed by atoms with van der Waals surface area (Å²) >= 11 is 0. The molecule has 1 aromatic carbocycles. The van der Waals surface area contributed by atoms with Gasteiger partial charge >= 0.3 is 6.03 Å². The molecule has 1 fully saturated rings. The molecule has 0 aliphatic heterocycles. The van der Waals surface area contributed by atoms with Crippen LogP contribution in [-0.2, 0) is 6.54 Å². The van der Waals surface area contributed by atoms with Gasteiger partial charge in [-0.05, 0) is 44.9 Å². The van der Waals surface area contributed by atoms with Gasteiger partial charge in [0.25, 0.3) is 5.91 Å². The van der Waals surface area contributed by atoms with E-state index in [1.807, 2.05) is 24.5 Å². The van der Waals surface area contributed by atoms with Crippen molar-refractivity contribution in [2.45, 2.75) is 58.2 Å². The summed E-state index contributed by atoms with van der Waals surface area (Å²) in [7, 11) is 0. The SMILES string of the molecule is CC(C)NC(=O)c1ccc2c(c1)ncn2CCNC(=O)NC1CCCC1. The Balaban J connectivity index is 1.55. The van der Waals surface area contributed by atoms with Crippen LogP contribution in [0.4, 0.5) is 4.79 Å². The molecule has 3 rings (SSSR count). The van der Waals surface area contributed by atoms with Gasteiger partial charge in [-0.2, -0.15) is 0 Å². The van der Waals surface area contributed by atoms with Crippen molar-refractivity contribution in [3.05, 3.63) is 30.1 Å². The van der Waals surface area contributed by atoms with Gasteiger partial charge in [-0.3, -0.25) is 4.79 Å². The summed E-state index contributed by atoms with van der Waals surface area (Å²) in [6.45, 7) is 5.02. The predicted octanol–water partition coefficient (Wildman–Crippen LogP) is 2.42. The number of aromatic nitrogens is 2. The minimum absolute atomic E-state index is 0.0946. The fourth-order valence-electron chi connectivity index (χ4n) is 3.33. The Hall–Kier alpha value is -2.57. The monoisotopic (exact) mass is 357 g/mol. The van der Waals surface area contributed by atoms with Crippen LogP contribution in [0, 0.1) is 0 Å². The molecule has 3 amide bonds. The van der Waals surface area contributed by atoms with Crippen LogP contribution < -0.4 is 16.0 Å². The zero-order valence-corrected chi connectivity index (χ0v) is 15.4. The van der Waals surface area contributed by atoms with Gasteiger partial charge in [-0.25, -0.2) is 9.78 Å². The van der Waals surface area contributed by atoms with E-state index in [2.05, 4.69) is 20.9 Å². The molecule has 1 aliphatic rings. The zero-order chi connectivity index (χ0) is 18.5. The summed E-state index contributed by atoms with van der Waals surface area (Å²) in [6, 6.07) is 5.81. The summed E-state index contributed by atoms with van der Waals surface area (Å²) in [6.07, 6.45) is 6.29. The molecule has 0 unspecified atom stereocenters. The van der Waals surface area contributed by atoms with Crippen molar-refractivity contribution in [1.82, 2.24) is 25.5 Å². The van der Waals surface area contributed by atoms with Crippen molar-refractivity contribution in [2.24, 2.45) is 0 Å². The number of amides is 3. The molecule has 7 heteroatoms. The third-order valence-corrected chi connectivity index (χ3v) is 4.63. The van der Waals surface area contributed by atoms with Gasteiger partial charge in [0.1, 0.15) is 0 Å². The minimum Gasteiger partial charge on any atom is -0.350 e. The van der Waals surface area contributed by atoms with Crippen molar-refractivity contribution in [3.63, 3.8) is 0 Å². The standard InChI is InChI=1S/C19H27N5O2/c1-13(2)22-18(25)14-7-8-17-16(11-14)21-12-24(17)10-9-20-19(26)23-15-5-3-4-6-15/h7-8,11-13,15H,3-6,9-10H2,1-2H3,(H,22,25)(H2,20,23,26). The van der Waals surface area contributed by atoms with Crippen LogP contribution in [-0.4, -0.2) is 40.1 Å². The van der Waals surface area contributed by atoms with E-state index >= 15 is 0 Å². The second-order valence-electron chi connectivity index (χ2n) is 7.15. The van der Waals surface area contributed by atoms with Gasteiger partial charge in [-0.15, -0.1) is 0 Å². The molecular weight excluding hydrogens is 330 g/mol. The molecule has 3 N–H and O–H groups in total. The number of benzene rings is 1. The highest BCUT2D eigenvalue weighted by atomic mass is 16.2. The summed E-state index contributed by atoms with van der Waals surface area (Å²) in [5, 5.41) is 8.79. The third kappa shape index (κ3) is 4.53. The first-order valence-corrected chi connectivity index (χ1v) is 9.33. The molecule has 0 bridgehead atoms. The molecule has 0 saturated heterocycles. The Morgan fingerprint density at radius 3 is 2.77 bits per heavy atom. The number of carbonyl (C=O) groups is 2. The quantitative estimate of drug-likeness (QED) is 0.742. The minimum atomic E-state index is -0.103. The second-order valence-corrected chi connectivity index (χ2v) is 7.15. The Labute approximate surface area is 153 Å². The molecule has 1 heterocycles. The van der Waals surface area contributed by atoms with E-state index in [0.717, 1.165) is 23.9 Å². The van der Waals surface area contributed by atoms with Crippen molar-refractivity contribution in [1.29, 1.82) is 0 Å². The Kier molecular flexibility index (Phi) is 5.75. The van der Waals surface area contributed by atoms with Crippen LogP contribution >= 0.6 is 0 Å². The summed E-state index contributed by atoms with van der Waals surface area (Å²) < 4.78 is 1.98. The third-order valence-electron chi connectivity index (χ3n) is 4.63. The topological polar surface area (TPSA) is 88.1 Å². The van der Waals surface area contributed by atoms with E-state index in [1.54, 1.807) is 18.5 Å². The number of carbonyl (C=O) groups excluding carboxylic acids is 2. The lowest BCUT2D eigenvalue weighted by Crippen LogP contribution is -2.41. The van der Waals surface area contributed by atoms with Gasteiger partial charge in [0, 0.05) is 30.7 Å². The number of imidazole rings is 1. The molecule has 0 spiro atoms. The molecule has 2 aromatic rings. The summed E-state index contributed by atoms with van der Waals surface area (Å²) in [5.41, 5.74) is 2.33. The molecule has 26 heavy (non-hydrogen) atoms. The van der Waals surface area contributed by atoms with Crippen molar-refractivity contribution in [2.75, 3.05) is 6.54 Å². The Morgan fingerprint density at radius 1 is 1.27 bits per heavy atom. The van der Waals surface area contributed by atoms with Crippen LogP contribution in [0.25, 0.3) is 11.0 Å². The van der Waals surface area contributed by atoms with Crippen LogP contribution in [0.5, 0.6) is 0 Å². The number of hydrogen-bond donors (Lipinski definition) is 3. The lowest BCUT2D eigenvalue weighted by atomic mass is 10.2. The maximum absolute atomic E-state index is 12.1. The second kappa shape index (κ2) is 8.21. The first kappa shape index (κ1) is 18.2. The first-order valence-electron chi connectivity index (χ1n) is 9.33. The average Bonchev–Trinajstić information content (AvgIpc) is 3.23. The number of hydrogen-bond acceptors (Lipinski definition) is 3. The van der Waals surface area contributed by atoms with Crippen molar-refractivity contribution in [3.8, 4) is 0 Å². The molecule has 1 aliphatic carbocycles. The van der Waals surface area contributed by atoms with Gasteiger partial charge in [0.15, 0.2) is 0 Å². The van der Waals surface area contributed by atoms with Crippen LogP contribution in [0.1, 0.15) is 49.9 Å². The van der Waals surface area contributed by atoms with E-state index in [1.165, 1.54) is 12.8 Å². The molecule has 0 atom stereocenters. The lowest BCUT2D eigenvalue weighted by molar-refractivity contribution is 0.0943. The Bertz CT molecular complexity index is 777. The zero-order valence-electron chi connectivity index (χ0n) is 15.4. The maximum Gasteiger partial charge on any atom is 0.315 e. The van der Waals surface area contributed by atoms with Gasteiger partial charge in [0.2, 0.25) is 0 Å². The normalized spacial score (nSPS) is 14.7. The van der Waals surface area contributed by atoms with Crippen molar-refractivity contribution < 1.29 is 9.59 Å². The number of nitrogens with one attached hydrogen (secondary N) is 3. The highest BCUT2D eigenvalue weighted by Gasteiger charge is 2.16. The summed E-state index contributed by atoms with van der Waals surface area (Å²) in [5.74, 6) is -0.0956. The van der Waals surface area contributed by atoms with Crippen LogP contribution in [0.15, 0.2) is 24.5 Å². The van der Waals surface area contributed by atoms with E-state index in [-0.39, 0.29) is 18.0 Å². The molecule has 140 valence electrons. The molecule has 0 radical (unpaired) electrons. The van der Waals surface area contributed by atoms with Crippen molar-refractivity contribution >= 4 is 23.0 Å². The van der Waals surface area contributed by atoms with E-state index < -0.39 is 0 Å². The van der Waals surface area contributed by atoms with Gasteiger partial charge in [-0.1, -0.05) is 12.8 Å². The maximum atomic E-state index is 12.1. The lowest BCUT2D eigenvalue weighted by Gasteiger charge is -2.13. The van der Waals surface area contributed by atoms with E-state index in [0.29, 0.717) is 24.7 Å². The largest absolute Gasteiger partial charge is 0.350 e. The smallest absolute Gasteiger partial charge is 0.315 e. The van der Waals surface area contributed by atoms with Gasteiger partial charge in [0.05, 0.1) is 17.4 Å². The fraction of sp³-hybridized carbons (Fsp3) is 0.526. The molecular formula is C19H27N5O2. The fourth-order valence-corrected chi connectivity index (χ4v) is 3.33. The number of fused-ring (bicyclic) bond motifs is 1. The predicted molar refractivity (Wildman–Crippen MR) is 101 cm³/mol. The highest BCUT2D eigenvalue weighted by molar-refractivity contribution is 5.97. The summed E-state index contributed by atoms with van der Waals surface area (Å²) in [4.78, 5) is 28.4. The number of urea groups is 1. The van der Waals surface area contributed by atoms with E-state index in [4.69, 9.17) is 0 Å². The molecule has 7 nitrogen and oxygen atoms in total. The van der Waals surface area contributed by atoms with Gasteiger partial charge < -0.3 is 20.5 Å². The number of rotatable bonds is 6. The highest BCUT2D eigenvalue weighted by Crippen LogP contribution is 2.17. The average molecular weight is 357 g/mol. The van der Waals surface area contributed by atoms with E-state index in [9.17, 15) is 9.59 Å².